The minimum Gasteiger partial charge on any atom is -0.255 e. The van der Waals surface area contributed by atoms with Gasteiger partial charge in [-0.05, 0) is 40.8 Å². The Morgan fingerprint density at radius 3 is 2.37 bits per heavy atom. The van der Waals surface area contributed by atoms with E-state index in [4.69, 9.17) is 0 Å². The van der Waals surface area contributed by atoms with Gasteiger partial charge in [-0.25, -0.2) is 8.78 Å². The first-order valence-corrected chi connectivity index (χ1v) is 6.05. The molecule has 0 saturated carbocycles. The maximum absolute atomic E-state index is 13.5. The van der Waals surface area contributed by atoms with E-state index in [1.54, 1.807) is 0 Å². The zero-order valence-electron chi connectivity index (χ0n) is 9.10. The third-order valence-electron chi connectivity index (χ3n) is 2.39. The molecule has 0 bridgehead atoms. The van der Waals surface area contributed by atoms with Crippen LogP contribution in [0.4, 0.5) is 22.0 Å². The first-order valence-electron chi connectivity index (χ1n) is 4.98. The number of alkyl halides is 3. The Kier molecular flexibility index (Phi) is 3.75. The van der Waals surface area contributed by atoms with Crippen molar-refractivity contribution >= 4 is 22.6 Å². The average molecular weight is 385 g/mol. The quantitative estimate of drug-likeness (QED) is 0.515. The highest BCUT2D eigenvalue weighted by Gasteiger charge is 2.33. The largest absolute Gasteiger partial charge is 0.418 e. The lowest BCUT2D eigenvalue weighted by molar-refractivity contribution is -0.138. The van der Waals surface area contributed by atoms with Crippen LogP contribution in [0.5, 0.6) is 0 Å². The van der Waals surface area contributed by atoms with Crippen LogP contribution in [-0.4, -0.2) is 4.98 Å². The smallest absolute Gasteiger partial charge is 0.255 e. The highest BCUT2D eigenvalue weighted by molar-refractivity contribution is 14.1. The zero-order chi connectivity index (χ0) is 14.2. The highest BCUT2D eigenvalue weighted by atomic mass is 127. The van der Waals surface area contributed by atoms with Crippen molar-refractivity contribution in [2.45, 2.75) is 6.18 Å². The lowest BCUT2D eigenvalue weighted by Gasteiger charge is -2.10. The number of hydrogen-bond donors (Lipinski definition) is 0. The van der Waals surface area contributed by atoms with Crippen LogP contribution in [0.2, 0.25) is 0 Å². The van der Waals surface area contributed by atoms with E-state index in [0.29, 0.717) is 6.20 Å². The molecule has 0 radical (unpaired) electrons. The van der Waals surface area contributed by atoms with Crippen molar-refractivity contribution in [3.63, 3.8) is 0 Å². The molecule has 19 heavy (non-hydrogen) atoms. The van der Waals surface area contributed by atoms with Gasteiger partial charge < -0.3 is 0 Å². The summed E-state index contributed by atoms with van der Waals surface area (Å²) in [5.41, 5.74) is -1.13. The van der Waals surface area contributed by atoms with Crippen LogP contribution in [0.3, 0.4) is 0 Å². The molecular weight excluding hydrogens is 380 g/mol. The summed E-state index contributed by atoms with van der Waals surface area (Å²) in [7, 11) is 0. The van der Waals surface area contributed by atoms with E-state index in [2.05, 4.69) is 4.98 Å². The molecule has 0 spiro atoms. The van der Waals surface area contributed by atoms with Gasteiger partial charge >= 0.3 is 6.18 Å². The molecule has 7 heteroatoms. The normalized spacial score (nSPS) is 11.7. The van der Waals surface area contributed by atoms with Crippen LogP contribution in [0.25, 0.3) is 11.3 Å². The molecule has 0 unspecified atom stereocenters. The molecule has 0 N–H and O–H groups in total. The molecule has 2 rings (SSSR count). The Balaban J connectivity index is 2.54. The number of benzene rings is 1. The third kappa shape index (κ3) is 2.85. The van der Waals surface area contributed by atoms with Crippen LogP contribution < -0.4 is 0 Å². The summed E-state index contributed by atoms with van der Waals surface area (Å²) in [5, 5.41) is 0. The minimum absolute atomic E-state index is 0.0469. The third-order valence-corrected chi connectivity index (χ3v) is 3.28. The maximum atomic E-state index is 13.5. The zero-order valence-corrected chi connectivity index (χ0v) is 11.3. The van der Waals surface area contributed by atoms with E-state index in [0.717, 1.165) is 12.1 Å². The van der Waals surface area contributed by atoms with Gasteiger partial charge in [0, 0.05) is 15.3 Å². The van der Waals surface area contributed by atoms with Gasteiger partial charge in [0.1, 0.15) is 0 Å². The van der Waals surface area contributed by atoms with Crippen molar-refractivity contribution in [1.29, 1.82) is 0 Å². The number of pyridine rings is 1. The second kappa shape index (κ2) is 5.03. The van der Waals surface area contributed by atoms with Crippen LogP contribution in [0, 0.1) is 15.2 Å². The first-order chi connectivity index (χ1) is 8.80. The second-order valence-corrected chi connectivity index (χ2v) is 4.81. The summed E-state index contributed by atoms with van der Waals surface area (Å²) in [4.78, 5) is 3.55. The van der Waals surface area contributed by atoms with E-state index >= 15 is 0 Å². The molecule has 0 amide bonds. The summed E-state index contributed by atoms with van der Waals surface area (Å²) in [6, 6.07) is 4.51. The van der Waals surface area contributed by atoms with Crippen LogP contribution in [-0.2, 0) is 6.18 Å². The van der Waals surface area contributed by atoms with Crippen LogP contribution in [0.1, 0.15) is 5.56 Å². The molecule has 0 saturated heterocycles. The monoisotopic (exact) mass is 385 g/mol. The molecule has 2 aromatic rings. The second-order valence-electron chi connectivity index (χ2n) is 3.65. The summed E-state index contributed by atoms with van der Waals surface area (Å²) < 4.78 is 64.1. The first kappa shape index (κ1) is 14.2. The predicted octanol–water partition coefficient (Wildman–Crippen LogP) is 4.65. The van der Waals surface area contributed by atoms with Gasteiger partial charge in [-0.3, -0.25) is 4.98 Å². The van der Waals surface area contributed by atoms with Crippen LogP contribution in [0.15, 0.2) is 30.5 Å². The molecule has 0 atom stereocenters. The summed E-state index contributed by atoms with van der Waals surface area (Å²) in [5.74, 6) is -2.21. The minimum atomic E-state index is -4.53. The van der Waals surface area contributed by atoms with Crippen molar-refractivity contribution in [2.75, 3.05) is 0 Å². The standard InChI is InChI=1S/C12H5F5IN/c13-8-3-1-2-6(11(8)14)10-4-9(18)7(5-19-10)12(15,16)17/h1-5H. The molecule has 1 nitrogen and oxygen atoms in total. The van der Waals surface area contributed by atoms with E-state index in [9.17, 15) is 22.0 Å². The van der Waals surface area contributed by atoms with E-state index in [1.807, 2.05) is 0 Å². The molecule has 1 aromatic carbocycles. The Morgan fingerprint density at radius 2 is 1.79 bits per heavy atom. The number of halogens is 6. The van der Waals surface area contributed by atoms with Crippen molar-refractivity contribution in [3.05, 3.63) is 51.2 Å². The fourth-order valence-electron chi connectivity index (χ4n) is 1.49. The van der Waals surface area contributed by atoms with Crippen molar-refractivity contribution in [3.8, 4) is 11.3 Å². The van der Waals surface area contributed by atoms with E-state index < -0.39 is 23.4 Å². The Bertz CT molecular complexity index is 624. The van der Waals surface area contributed by atoms with E-state index in [1.165, 1.54) is 34.7 Å². The summed E-state index contributed by atoms with van der Waals surface area (Å²) in [6.07, 6.45) is -3.91. The molecule has 1 heterocycles. The summed E-state index contributed by atoms with van der Waals surface area (Å²) >= 11 is 1.48. The Labute approximate surface area is 118 Å². The number of nitrogens with zero attached hydrogens (tertiary/aromatic N) is 1. The summed E-state index contributed by atoms with van der Waals surface area (Å²) in [6.45, 7) is 0. The molecule has 100 valence electrons. The molecule has 0 aliphatic heterocycles. The topological polar surface area (TPSA) is 12.9 Å². The Hall–Kier alpha value is -1.25. The molecule has 0 fully saturated rings. The molecular formula is C12H5F5IN. The van der Waals surface area contributed by atoms with Gasteiger partial charge in [0.15, 0.2) is 11.6 Å². The maximum Gasteiger partial charge on any atom is 0.418 e. The van der Waals surface area contributed by atoms with Crippen LogP contribution >= 0.6 is 22.6 Å². The highest BCUT2D eigenvalue weighted by Crippen LogP contribution is 2.34. The lowest BCUT2D eigenvalue weighted by atomic mass is 10.1. The van der Waals surface area contributed by atoms with Gasteiger partial charge in [0.2, 0.25) is 0 Å². The average Bonchev–Trinajstić information content (AvgIpc) is 2.31. The SMILES string of the molecule is Fc1cccc(-c2cc(I)c(C(F)(F)F)cn2)c1F. The predicted molar refractivity (Wildman–Crippen MR) is 67.3 cm³/mol. The van der Waals surface area contributed by atoms with Gasteiger partial charge in [-0.1, -0.05) is 6.07 Å². The van der Waals surface area contributed by atoms with Gasteiger partial charge in [-0.2, -0.15) is 13.2 Å². The number of hydrogen-bond acceptors (Lipinski definition) is 1. The van der Waals surface area contributed by atoms with Crippen molar-refractivity contribution in [1.82, 2.24) is 4.98 Å². The number of rotatable bonds is 1. The number of aromatic nitrogens is 1. The molecule has 1 aromatic heterocycles. The van der Waals surface area contributed by atoms with E-state index in [-0.39, 0.29) is 14.8 Å². The molecule has 0 aliphatic carbocycles. The Morgan fingerprint density at radius 1 is 1.11 bits per heavy atom. The van der Waals surface area contributed by atoms with Gasteiger partial charge in [-0.15, -0.1) is 0 Å². The van der Waals surface area contributed by atoms with Crippen molar-refractivity contribution < 1.29 is 22.0 Å². The lowest BCUT2D eigenvalue weighted by Crippen LogP contribution is -2.08. The molecule has 0 aliphatic rings. The van der Waals surface area contributed by atoms with Gasteiger partial charge in [0.25, 0.3) is 0 Å². The van der Waals surface area contributed by atoms with Crippen molar-refractivity contribution in [2.24, 2.45) is 0 Å². The van der Waals surface area contributed by atoms with Gasteiger partial charge in [0.05, 0.1) is 11.3 Å². The fourth-order valence-corrected chi connectivity index (χ4v) is 2.23. The fraction of sp³-hybridized carbons (Fsp3) is 0.0833.